The average molecular weight is 472 g/mol. The van der Waals surface area contributed by atoms with Crippen molar-refractivity contribution in [3.63, 3.8) is 0 Å². The van der Waals surface area contributed by atoms with Crippen LogP contribution in [0.4, 0.5) is 0 Å². The quantitative estimate of drug-likeness (QED) is 0.388. The second-order valence-electron chi connectivity index (χ2n) is 8.67. The van der Waals surface area contributed by atoms with Crippen LogP contribution < -0.4 is 11.0 Å². The van der Waals surface area contributed by atoms with E-state index in [4.69, 9.17) is 0 Å². The highest BCUT2D eigenvalue weighted by molar-refractivity contribution is 5.57. The highest BCUT2D eigenvalue weighted by Crippen LogP contribution is 2.33. The molecule has 35 heavy (non-hydrogen) atoms. The maximum Gasteiger partial charge on any atom is 0.334 e. The van der Waals surface area contributed by atoms with Crippen LogP contribution in [0.15, 0.2) is 72.1 Å². The molecule has 0 saturated carbocycles. The van der Waals surface area contributed by atoms with Gasteiger partial charge < -0.3 is 5.32 Å². The van der Waals surface area contributed by atoms with Crippen LogP contribution in [0.3, 0.4) is 0 Å². The van der Waals surface area contributed by atoms with Gasteiger partial charge in [0.05, 0.1) is 11.6 Å². The van der Waals surface area contributed by atoms with E-state index in [0.717, 1.165) is 41.9 Å². The summed E-state index contributed by atoms with van der Waals surface area (Å²) >= 11 is 0. The van der Waals surface area contributed by atoms with Crippen molar-refractivity contribution in [2.45, 2.75) is 51.6 Å². The fraction of sp³-hybridized carbons (Fsp3) is 0.320. The van der Waals surface area contributed by atoms with Crippen molar-refractivity contribution in [2.24, 2.45) is 0 Å². The summed E-state index contributed by atoms with van der Waals surface area (Å²) in [5.74, 6) is 1.38. The molecule has 180 valence electrons. The van der Waals surface area contributed by atoms with Crippen LogP contribution in [0.2, 0.25) is 0 Å². The number of aromatic amines is 1. The molecular formula is C25H29N9O. The summed E-state index contributed by atoms with van der Waals surface area (Å²) in [5, 5.41) is 21.8. The number of tetrazole rings is 1. The van der Waals surface area contributed by atoms with Gasteiger partial charge in [0.15, 0.2) is 5.82 Å². The largest absolute Gasteiger partial charge is 0.368 e. The lowest BCUT2D eigenvalue weighted by Crippen LogP contribution is -2.36. The molecule has 1 aliphatic heterocycles. The minimum Gasteiger partial charge on any atom is -0.368 e. The summed E-state index contributed by atoms with van der Waals surface area (Å²) in [4.78, 5) is 13.8. The predicted molar refractivity (Wildman–Crippen MR) is 133 cm³/mol. The maximum absolute atomic E-state index is 13.8. The minimum absolute atomic E-state index is 0.0680. The summed E-state index contributed by atoms with van der Waals surface area (Å²) in [6, 6.07) is 9.99. The smallest absolute Gasteiger partial charge is 0.334 e. The third-order valence-corrected chi connectivity index (χ3v) is 6.48. The van der Waals surface area contributed by atoms with Crippen LogP contribution in [0.1, 0.15) is 37.9 Å². The standard InChI is InChI=1S/C25H29N9O/c1-3-5-9-21-17-32(22-10-13-27-34(22)4-2)24(35)33(21)18-25(11-14-26-15-12-25)20-8-6-7-19(16-20)23-28-30-31-29-23/h6-8,10-17,26H,3-5,9,18H2,1-2H3,(H,28,29,30,31). The number of benzene rings is 1. The van der Waals surface area contributed by atoms with Gasteiger partial charge in [0.2, 0.25) is 0 Å². The van der Waals surface area contributed by atoms with Gasteiger partial charge in [-0.05, 0) is 54.2 Å². The van der Waals surface area contributed by atoms with Gasteiger partial charge in [-0.2, -0.15) is 5.10 Å². The SMILES string of the molecule is CCCCc1cn(-c2ccnn2CC)c(=O)n1CC1(c2cccc(-c3nnn[nH]3)c2)C=CNC=C1. The monoisotopic (exact) mass is 471 g/mol. The molecule has 0 radical (unpaired) electrons. The fourth-order valence-electron chi connectivity index (χ4n) is 4.58. The lowest BCUT2D eigenvalue weighted by atomic mass is 9.78. The third-order valence-electron chi connectivity index (χ3n) is 6.48. The molecule has 4 heterocycles. The predicted octanol–water partition coefficient (Wildman–Crippen LogP) is 2.95. The number of hydrogen-bond acceptors (Lipinski definition) is 6. The van der Waals surface area contributed by atoms with Gasteiger partial charge in [-0.25, -0.2) is 14.6 Å². The molecule has 0 fully saturated rings. The average Bonchev–Trinajstić information content (AvgIpc) is 3.65. The Morgan fingerprint density at radius 3 is 2.71 bits per heavy atom. The number of aryl methyl sites for hydroxylation is 2. The van der Waals surface area contributed by atoms with Crippen molar-refractivity contribution < 1.29 is 0 Å². The first-order valence-corrected chi connectivity index (χ1v) is 11.9. The van der Waals surface area contributed by atoms with Crippen LogP contribution in [-0.2, 0) is 24.9 Å². The molecule has 4 aromatic rings. The zero-order valence-electron chi connectivity index (χ0n) is 19.9. The van der Waals surface area contributed by atoms with Gasteiger partial charge in [-0.1, -0.05) is 43.7 Å². The van der Waals surface area contributed by atoms with Gasteiger partial charge in [-0.15, -0.1) is 5.10 Å². The number of H-pyrrole nitrogens is 1. The van der Waals surface area contributed by atoms with E-state index in [9.17, 15) is 4.79 Å². The number of nitrogens with zero attached hydrogens (tertiary/aromatic N) is 7. The van der Waals surface area contributed by atoms with Crippen molar-refractivity contribution in [2.75, 3.05) is 0 Å². The topological polar surface area (TPSA) is 111 Å². The number of allylic oxidation sites excluding steroid dienone is 2. The number of dihydropyridines is 1. The Morgan fingerprint density at radius 2 is 1.97 bits per heavy atom. The van der Waals surface area contributed by atoms with Crippen LogP contribution >= 0.6 is 0 Å². The Labute approximate surface area is 203 Å². The molecule has 10 heteroatoms. The highest BCUT2D eigenvalue weighted by atomic mass is 16.1. The number of rotatable bonds is 9. The van der Waals surface area contributed by atoms with E-state index in [2.05, 4.69) is 62.2 Å². The second-order valence-corrected chi connectivity index (χ2v) is 8.67. The molecule has 0 bridgehead atoms. The molecule has 0 unspecified atom stereocenters. The summed E-state index contributed by atoms with van der Waals surface area (Å²) in [6.07, 6.45) is 14.6. The third kappa shape index (κ3) is 4.23. The molecule has 0 atom stereocenters. The van der Waals surface area contributed by atoms with E-state index in [1.807, 2.05) is 53.0 Å². The molecule has 1 aromatic carbocycles. The van der Waals surface area contributed by atoms with Gasteiger partial charge >= 0.3 is 5.69 Å². The normalized spacial score (nSPS) is 14.3. The Kier molecular flexibility index (Phi) is 6.17. The Balaban J connectivity index is 1.61. The van der Waals surface area contributed by atoms with Crippen LogP contribution in [0, 0.1) is 0 Å². The van der Waals surface area contributed by atoms with Crippen LogP contribution in [0.5, 0.6) is 0 Å². The van der Waals surface area contributed by atoms with Gasteiger partial charge in [0.25, 0.3) is 0 Å². The van der Waals surface area contributed by atoms with Gasteiger partial charge in [0.1, 0.15) is 5.82 Å². The summed E-state index contributed by atoms with van der Waals surface area (Å²) in [5.41, 5.74) is 2.34. The molecule has 0 aliphatic carbocycles. The number of unbranched alkanes of at least 4 members (excludes halogenated alkanes) is 1. The van der Waals surface area contributed by atoms with E-state index in [0.29, 0.717) is 18.9 Å². The van der Waals surface area contributed by atoms with Crippen molar-refractivity contribution in [3.05, 3.63) is 89.0 Å². The molecule has 3 aromatic heterocycles. The van der Waals surface area contributed by atoms with E-state index in [1.54, 1.807) is 10.8 Å². The number of aromatic nitrogens is 8. The molecule has 5 rings (SSSR count). The molecule has 2 N–H and O–H groups in total. The second kappa shape index (κ2) is 9.57. The Bertz CT molecular complexity index is 1390. The summed E-state index contributed by atoms with van der Waals surface area (Å²) in [7, 11) is 0. The Hall–Kier alpha value is -4.21. The van der Waals surface area contributed by atoms with E-state index in [1.165, 1.54) is 0 Å². The van der Waals surface area contributed by atoms with Crippen LogP contribution in [-0.4, -0.2) is 39.5 Å². The number of imidazole rings is 1. The molecule has 0 amide bonds. The van der Waals surface area contributed by atoms with Crippen molar-refractivity contribution in [1.82, 2.24) is 44.9 Å². The van der Waals surface area contributed by atoms with Crippen molar-refractivity contribution >= 4 is 0 Å². The lowest BCUT2D eigenvalue weighted by molar-refractivity contribution is 0.495. The molecule has 0 spiro atoms. The molecule has 10 nitrogen and oxygen atoms in total. The van der Waals surface area contributed by atoms with Crippen molar-refractivity contribution in [3.8, 4) is 17.2 Å². The van der Waals surface area contributed by atoms with Gasteiger partial charge in [0, 0.05) is 36.6 Å². The first kappa shape index (κ1) is 22.6. The molecule has 1 aliphatic rings. The summed E-state index contributed by atoms with van der Waals surface area (Å²) in [6.45, 7) is 5.34. The van der Waals surface area contributed by atoms with E-state index in [-0.39, 0.29) is 5.69 Å². The van der Waals surface area contributed by atoms with E-state index >= 15 is 0 Å². The lowest BCUT2D eigenvalue weighted by Gasteiger charge is -2.31. The first-order chi connectivity index (χ1) is 17.1. The summed E-state index contributed by atoms with van der Waals surface area (Å²) < 4.78 is 5.47. The fourth-order valence-corrected chi connectivity index (χ4v) is 4.58. The number of nitrogens with one attached hydrogen (secondary N) is 2. The Morgan fingerprint density at radius 1 is 1.11 bits per heavy atom. The zero-order valence-corrected chi connectivity index (χ0v) is 19.9. The first-order valence-electron chi connectivity index (χ1n) is 11.9. The molecule has 0 saturated heterocycles. The highest BCUT2D eigenvalue weighted by Gasteiger charge is 2.31. The van der Waals surface area contributed by atoms with Gasteiger partial charge in [-0.3, -0.25) is 9.13 Å². The zero-order chi connectivity index (χ0) is 24.3. The number of hydrogen-bond donors (Lipinski definition) is 2. The van der Waals surface area contributed by atoms with Crippen molar-refractivity contribution in [1.29, 1.82) is 0 Å². The van der Waals surface area contributed by atoms with E-state index < -0.39 is 5.41 Å². The minimum atomic E-state index is -0.531. The van der Waals surface area contributed by atoms with Crippen LogP contribution in [0.25, 0.3) is 17.2 Å². The molecular weight excluding hydrogens is 442 g/mol. The maximum atomic E-state index is 13.8.